The van der Waals surface area contributed by atoms with Crippen LogP contribution in [0.4, 0.5) is 0 Å². The van der Waals surface area contributed by atoms with Crippen LogP contribution >= 0.6 is 11.3 Å². The SMILES string of the molecule is CCCNC(Cc1nccs1)C(CCC)OCC. The predicted octanol–water partition coefficient (Wildman–Crippen LogP) is 3.26. The van der Waals surface area contributed by atoms with E-state index in [1.807, 2.05) is 11.6 Å². The van der Waals surface area contributed by atoms with Crippen LogP contribution in [0.2, 0.25) is 0 Å². The van der Waals surface area contributed by atoms with Crippen molar-refractivity contribution in [2.75, 3.05) is 13.2 Å². The molecule has 0 fully saturated rings. The summed E-state index contributed by atoms with van der Waals surface area (Å²) in [6, 6.07) is 0.385. The van der Waals surface area contributed by atoms with Crippen molar-refractivity contribution in [1.29, 1.82) is 0 Å². The fourth-order valence-corrected chi connectivity index (χ4v) is 2.78. The first kappa shape index (κ1) is 15.6. The second kappa shape index (κ2) is 9.48. The second-order valence-electron chi connectivity index (χ2n) is 4.47. The lowest BCUT2D eigenvalue weighted by Gasteiger charge is -2.27. The first-order valence-electron chi connectivity index (χ1n) is 7.05. The summed E-state index contributed by atoms with van der Waals surface area (Å²) < 4.78 is 5.90. The van der Waals surface area contributed by atoms with Gasteiger partial charge in [0.05, 0.1) is 11.1 Å². The van der Waals surface area contributed by atoms with Crippen LogP contribution in [0.3, 0.4) is 0 Å². The van der Waals surface area contributed by atoms with Crippen molar-refractivity contribution in [2.24, 2.45) is 0 Å². The Morgan fingerprint density at radius 3 is 2.72 bits per heavy atom. The molecule has 3 nitrogen and oxygen atoms in total. The molecule has 1 aromatic rings. The first-order valence-corrected chi connectivity index (χ1v) is 7.93. The van der Waals surface area contributed by atoms with Gasteiger partial charge in [0.25, 0.3) is 0 Å². The Labute approximate surface area is 115 Å². The molecule has 1 heterocycles. The fourth-order valence-electron chi connectivity index (χ4n) is 2.11. The van der Waals surface area contributed by atoms with E-state index in [4.69, 9.17) is 4.74 Å². The summed E-state index contributed by atoms with van der Waals surface area (Å²) in [4.78, 5) is 4.39. The molecule has 0 radical (unpaired) electrons. The van der Waals surface area contributed by atoms with E-state index in [-0.39, 0.29) is 0 Å². The van der Waals surface area contributed by atoms with Crippen molar-refractivity contribution in [3.05, 3.63) is 16.6 Å². The van der Waals surface area contributed by atoms with Crippen LogP contribution in [0, 0.1) is 0 Å². The highest BCUT2D eigenvalue weighted by Gasteiger charge is 2.21. The van der Waals surface area contributed by atoms with Crippen molar-refractivity contribution < 1.29 is 4.74 Å². The van der Waals surface area contributed by atoms with Crippen LogP contribution in [-0.2, 0) is 11.2 Å². The van der Waals surface area contributed by atoms with Crippen LogP contribution in [0.5, 0.6) is 0 Å². The van der Waals surface area contributed by atoms with Gasteiger partial charge in [0.1, 0.15) is 0 Å². The first-order chi connectivity index (χ1) is 8.81. The standard InChI is InChI=1S/C14H26N2OS/c1-4-7-13(17-6-3)12(15-8-5-2)11-14-16-9-10-18-14/h9-10,12-13,15H,4-8,11H2,1-3H3. The third-order valence-electron chi connectivity index (χ3n) is 2.94. The van der Waals surface area contributed by atoms with Gasteiger partial charge in [0.15, 0.2) is 0 Å². The molecule has 2 atom stereocenters. The number of thiazole rings is 1. The van der Waals surface area contributed by atoms with Crippen molar-refractivity contribution in [3.8, 4) is 0 Å². The summed E-state index contributed by atoms with van der Waals surface area (Å²) in [7, 11) is 0. The quantitative estimate of drug-likeness (QED) is 0.708. The average molecular weight is 270 g/mol. The zero-order valence-corrected chi connectivity index (χ0v) is 12.6. The Bertz CT molecular complexity index is 284. The molecule has 0 saturated heterocycles. The van der Waals surface area contributed by atoms with Crippen LogP contribution in [0.15, 0.2) is 11.6 Å². The summed E-state index contributed by atoms with van der Waals surface area (Å²) in [5, 5.41) is 6.86. The van der Waals surface area contributed by atoms with Crippen molar-refractivity contribution in [2.45, 2.75) is 58.6 Å². The number of nitrogens with one attached hydrogen (secondary N) is 1. The topological polar surface area (TPSA) is 34.2 Å². The molecule has 0 aliphatic carbocycles. The number of hydrogen-bond acceptors (Lipinski definition) is 4. The van der Waals surface area contributed by atoms with E-state index >= 15 is 0 Å². The van der Waals surface area contributed by atoms with Gasteiger partial charge >= 0.3 is 0 Å². The zero-order valence-electron chi connectivity index (χ0n) is 11.8. The van der Waals surface area contributed by atoms with E-state index in [9.17, 15) is 0 Å². The maximum Gasteiger partial charge on any atom is 0.0941 e. The van der Waals surface area contributed by atoms with Gasteiger partial charge in [0, 0.05) is 30.6 Å². The predicted molar refractivity (Wildman–Crippen MR) is 78.2 cm³/mol. The van der Waals surface area contributed by atoms with Gasteiger partial charge in [-0.25, -0.2) is 4.98 Å². The minimum Gasteiger partial charge on any atom is -0.377 e. The lowest BCUT2D eigenvalue weighted by Crippen LogP contribution is -2.43. The van der Waals surface area contributed by atoms with E-state index in [0.29, 0.717) is 12.1 Å². The number of hydrogen-bond donors (Lipinski definition) is 1. The Kier molecular flexibility index (Phi) is 8.22. The van der Waals surface area contributed by atoms with Crippen molar-refractivity contribution in [1.82, 2.24) is 10.3 Å². The molecule has 0 aliphatic rings. The van der Waals surface area contributed by atoms with Gasteiger partial charge in [-0.15, -0.1) is 11.3 Å². The Morgan fingerprint density at radius 1 is 1.33 bits per heavy atom. The van der Waals surface area contributed by atoms with Gasteiger partial charge in [-0.05, 0) is 26.3 Å². The minimum atomic E-state index is 0.301. The van der Waals surface area contributed by atoms with Crippen LogP contribution in [0.25, 0.3) is 0 Å². The van der Waals surface area contributed by atoms with Gasteiger partial charge in [-0.1, -0.05) is 20.3 Å². The molecule has 104 valence electrons. The number of ether oxygens (including phenoxy) is 1. The highest BCUT2D eigenvalue weighted by molar-refractivity contribution is 7.09. The normalized spacial score (nSPS) is 14.6. The molecule has 18 heavy (non-hydrogen) atoms. The summed E-state index contributed by atoms with van der Waals surface area (Å²) in [6.45, 7) is 8.31. The molecule has 1 aromatic heterocycles. The third kappa shape index (κ3) is 5.46. The molecule has 0 spiro atoms. The Balaban J connectivity index is 2.61. The second-order valence-corrected chi connectivity index (χ2v) is 5.45. The number of aromatic nitrogens is 1. The van der Waals surface area contributed by atoms with E-state index in [2.05, 4.69) is 31.1 Å². The number of nitrogens with zero attached hydrogens (tertiary/aromatic N) is 1. The summed E-state index contributed by atoms with van der Waals surface area (Å²) in [5.41, 5.74) is 0. The molecule has 1 N–H and O–H groups in total. The lowest BCUT2D eigenvalue weighted by molar-refractivity contribution is 0.0282. The molecule has 2 unspecified atom stereocenters. The molecule has 0 saturated carbocycles. The molecular formula is C14H26N2OS. The summed E-state index contributed by atoms with van der Waals surface area (Å²) in [6.07, 6.45) is 6.58. The molecule has 1 rings (SSSR count). The van der Waals surface area contributed by atoms with Crippen LogP contribution < -0.4 is 5.32 Å². The molecule has 0 aliphatic heterocycles. The molecule has 0 bridgehead atoms. The van der Waals surface area contributed by atoms with E-state index in [1.54, 1.807) is 11.3 Å². The average Bonchev–Trinajstić information content (AvgIpc) is 2.87. The van der Waals surface area contributed by atoms with Crippen molar-refractivity contribution >= 4 is 11.3 Å². The molecule has 4 heteroatoms. The van der Waals surface area contributed by atoms with E-state index in [0.717, 1.165) is 38.8 Å². The molecule has 0 aromatic carbocycles. The van der Waals surface area contributed by atoms with Crippen molar-refractivity contribution in [3.63, 3.8) is 0 Å². The van der Waals surface area contributed by atoms with Crippen LogP contribution in [0.1, 0.15) is 45.0 Å². The van der Waals surface area contributed by atoms with E-state index in [1.165, 1.54) is 5.01 Å². The molecule has 0 amide bonds. The zero-order chi connectivity index (χ0) is 13.2. The van der Waals surface area contributed by atoms with Gasteiger partial charge in [0.2, 0.25) is 0 Å². The largest absolute Gasteiger partial charge is 0.377 e. The van der Waals surface area contributed by atoms with Crippen LogP contribution in [-0.4, -0.2) is 30.3 Å². The summed E-state index contributed by atoms with van der Waals surface area (Å²) >= 11 is 1.73. The number of rotatable bonds is 10. The Morgan fingerprint density at radius 2 is 2.17 bits per heavy atom. The Hall–Kier alpha value is -0.450. The fraction of sp³-hybridized carbons (Fsp3) is 0.786. The smallest absolute Gasteiger partial charge is 0.0941 e. The van der Waals surface area contributed by atoms with E-state index < -0.39 is 0 Å². The van der Waals surface area contributed by atoms with Gasteiger partial charge in [-0.2, -0.15) is 0 Å². The highest BCUT2D eigenvalue weighted by atomic mass is 32.1. The maximum atomic E-state index is 5.90. The molecular weight excluding hydrogens is 244 g/mol. The third-order valence-corrected chi connectivity index (χ3v) is 3.74. The maximum absolute atomic E-state index is 5.90. The minimum absolute atomic E-state index is 0.301. The lowest BCUT2D eigenvalue weighted by atomic mass is 10.0. The van der Waals surface area contributed by atoms with Gasteiger partial charge < -0.3 is 10.1 Å². The monoisotopic (exact) mass is 270 g/mol. The highest BCUT2D eigenvalue weighted by Crippen LogP contribution is 2.15. The summed E-state index contributed by atoms with van der Waals surface area (Å²) in [5.74, 6) is 0. The van der Waals surface area contributed by atoms with Gasteiger partial charge in [-0.3, -0.25) is 0 Å².